The van der Waals surface area contributed by atoms with Crippen molar-refractivity contribution in [2.24, 2.45) is 0 Å². The van der Waals surface area contributed by atoms with Gasteiger partial charge in [0.05, 0.1) is 6.61 Å². The molecule has 1 aliphatic rings. The zero-order valence-corrected chi connectivity index (χ0v) is 18.2. The Morgan fingerprint density at radius 3 is 2.62 bits per heavy atom. The molecule has 3 rings (SSSR count). The summed E-state index contributed by atoms with van der Waals surface area (Å²) in [6.45, 7) is 5.01. The Morgan fingerprint density at radius 2 is 2.03 bits per heavy atom. The van der Waals surface area contributed by atoms with E-state index in [2.05, 4.69) is 28.3 Å². The summed E-state index contributed by atoms with van der Waals surface area (Å²) in [5.41, 5.74) is -0.636. The second kappa shape index (κ2) is 10.3. The molecule has 8 heteroatoms. The van der Waals surface area contributed by atoms with Gasteiger partial charge in [-0.25, -0.2) is 4.98 Å². The van der Waals surface area contributed by atoms with Crippen LogP contribution in [0, 0.1) is 0 Å². The molecule has 0 amide bonds. The first-order valence-electron chi connectivity index (χ1n) is 10.7. The average Bonchev–Trinajstić information content (AvgIpc) is 3.21. The van der Waals surface area contributed by atoms with Gasteiger partial charge in [-0.05, 0) is 24.6 Å². The number of aromatic nitrogens is 2. The molecule has 5 nitrogen and oxygen atoms in total. The largest absolute Gasteiger partial charge is 0.433 e. The summed E-state index contributed by atoms with van der Waals surface area (Å²) in [7, 11) is 0. The van der Waals surface area contributed by atoms with E-state index >= 15 is 0 Å². The number of anilines is 1. The fraction of sp³-hybridized carbons (Fsp3) is 0.417. The number of halogens is 3. The summed E-state index contributed by atoms with van der Waals surface area (Å²) in [6.07, 6.45) is 8.36. The van der Waals surface area contributed by atoms with Gasteiger partial charge in [0.1, 0.15) is 17.1 Å². The zero-order chi connectivity index (χ0) is 23.2. The molecule has 0 radical (unpaired) electrons. The standard InChI is InChI=1S/C24H28F3N3O2/c1-3-5-7-18-19(8-6-4-2)22(30-15-23(31)11-12-32-16-23)29-14-20(18)17-9-10-21(28-13-17)24(25,26)27/h4,6-10,13-14,31H,3,5,11-12,15-16H2,1-2H3,(H,29,30)/b6-4-,18-7-,19-8+. The third-order valence-electron chi connectivity index (χ3n) is 5.28. The number of pyridine rings is 2. The van der Waals surface area contributed by atoms with Crippen molar-refractivity contribution in [2.45, 2.75) is 44.9 Å². The molecule has 2 aromatic rings. The Balaban J connectivity index is 2.10. The number of alkyl halides is 3. The molecule has 1 fully saturated rings. The molecular formula is C24H28F3N3O2. The van der Waals surface area contributed by atoms with Crippen molar-refractivity contribution >= 4 is 18.0 Å². The van der Waals surface area contributed by atoms with Crippen LogP contribution in [0.25, 0.3) is 23.3 Å². The Kier molecular flexibility index (Phi) is 7.69. The van der Waals surface area contributed by atoms with Crippen LogP contribution in [-0.4, -0.2) is 40.4 Å². The SMILES string of the molecule is C\C=C/C=c1/c(NCC2(O)CCOC2)ncc(-c2ccc(C(F)(F)F)nc2)/c1=C\CCC. The molecule has 3 heterocycles. The van der Waals surface area contributed by atoms with Crippen LogP contribution in [0.4, 0.5) is 19.0 Å². The topological polar surface area (TPSA) is 67.3 Å². The van der Waals surface area contributed by atoms with Crippen molar-refractivity contribution in [2.75, 3.05) is 25.1 Å². The highest BCUT2D eigenvalue weighted by atomic mass is 19.4. The minimum Gasteiger partial charge on any atom is -0.386 e. The number of ether oxygens (including phenoxy) is 1. The average molecular weight is 448 g/mol. The molecular weight excluding hydrogens is 419 g/mol. The molecule has 0 spiro atoms. The summed E-state index contributed by atoms with van der Waals surface area (Å²) in [5, 5.41) is 15.5. The van der Waals surface area contributed by atoms with Gasteiger partial charge in [-0.15, -0.1) is 0 Å². The van der Waals surface area contributed by atoms with Crippen LogP contribution in [-0.2, 0) is 10.9 Å². The minimum absolute atomic E-state index is 0.262. The third-order valence-corrected chi connectivity index (χ3v) is 5.28. The molecule has 2 N–H and O–H groups in total. The van der Waals surface area contributed by atoms with E-state index in [4.69, 9.17) is 4.74 Å². The molecule has 1 aliphatic heterocycles. The number of hydrogen-bond acceptors (Lipinski definition) is 5. The van der Waals surface area contributed by atoms with Crippen molar-refractivity contribution in [3.63, 3.8) is 0 Å². The van der Waals surface area contributed by atoms with Crippen LogP contribution in [0.2, 0.25) is 0 Å². The zero-order valence-electron chi connectivity index (χ0n) is 18.2. The monoisotopic (exact) mass is 447 g/mol. The summed E-state index contributed by atoms with van der Waals surface area (Å²) < 4.78 is 44.1. The lowest BCUT2D eigenvalue weighted by Gasteiger charge is -2.21. The number of unbranched alkanes of at least 4 members (excludes halogenated alkanes) is 1. The molecule has 2 aromatic heterocycles. The first-order chi connectivity index (χ1) is 15.3. The van der Waals surface area contributed by atoms with Gasteiger partial charge in [-0.1, -0.05) is 43.7 Å². The molecule has 1 atom stereocenters. The fourth-order valence-corrected chi connectivity index (χ4v) is 3.49. The maximum atomic E-state index is 12.9. The lowest BCUT2D eigenvalue weighted by molar-refractivity contribution is -0.141. The second-order valence-corrected chi connectivity index (χ2v) is 7.84. The number of hydrogen-bond donors (Lipinski definition) is 2. The number of allylic oxidation sites excluding steroid dienone is 2. The van der Waals surface area contributed by atoms with Gasteiger partial charge >= 0.3 is 6.18 Å². The van der Waals surface area contributed by atoms with Crippen molar-refractivity contribution in [1.82, 2.24) is 9.97 Å². The number of nitrogens with one attached hydrogen (secondary N) is 1. The summed E-state index contributed by atoms with van der Waals surface area (Å²) in [5.74, 6) is 0.592. The van der Waals surface area contributed by atoms with Crippen LogP contribution in [0.1, 0.15) is 38.8 Å². The van der Waals surface area contributed by atoms with Crippen molar-refractivity contribution in [3.8, 4) is 11.1 Å². The highest BCUT2D eigenvalue weighted by Gasteiger charge is 2.33. The number of rotatable bonds is 7. The van der Waals surface area contributed by atoms with E-state index < -0.39 is 17.5 Å². The highest BCUT2D eigenvalue weighted by Crippen LogP contribution is 2.28. The van der Waals surface area contributed by atoms with Crippen LogP contribution in [0.15, 0.2) is 36.7 Å². The van der Waals surface area contributed by atoms with Gasteiger partial charge < -0.3 is 15.2 Å². The van der Waals surface area contributed by atoms with Gasteiger partial charge in [0.2, 0.25) is 0 Å². The predicted octanol–water partition coefficient (Wildman–Crippen LogP) is 3.66. The molecule has 0 aliphatic carbocycles. The highest BCUT2D eigenvalue weighted by molar-refractivity contribution is 5.67. The van der Waals surface area contributed by atoms with E-state index in [0.29, 0.717) is 30.0 Å². The van der Waals surface area contributed by atoms with E-state index in [1.807, 2.05) is 25.2 Å². The van der Waals surface area contributed by atoms with Gasteiger partial charge in [0.15, 0.2) is 0 Å². The van der Waals surface area contributed by atoms with E-state index in [1.54, 1.807) is 6.20 Å². The van der Waals surface area contributed by atoms with Gasteiger partial charge in [-0.2, -0.15) is 13.2 Å². The Bertz CT molecular complexity index is 1060. The second-order valence-electron chi connectivity index (χ2n) is 7.84. The maximum absolute atomic E-state index is 12.9. The van der Waals surface area contributed by atoms with Crippen LogP contribution >= 0.6 is 0 Å². The normalized spacial score (nSPS) is 20.4. The summed E-state index contributed by atoms with van der Waals surface area (Å²) >= 11 is 0. The van der Waals surface area contributed by atoms with Gasteiger partial charge in [0.25, 0.3) is 0 Å². The lowest BCUT2D eigenvalue weighted by atomic mass is 10.0. The van der Waals surface area contributed by atoms with E-state index in [1.165, 1.54) is 12.3 Å². The summed E-state index contributed by atoms with van der Waals surface area (Å²) in [4.78, 5) is 8.15. The molecule has 32 heavy (non-hydrogen) atoms. The number of nitrogens with zero attached hydrogens (tertiary/aromatic N) is 2. The lowest BCUT2D eigenvalue weighted by Crippen LogP contribution is -2.40. The molecule has 1 saturated heterocycles. The Labute approximate surface area is 185 Å². The smallest absolute Gasteiger partial charge is 0.386 e. The van der Waals surface area contributed by atoms with Crippen molar-refractivity contribution < 1.29 is 23.0 Å². The minimum atomic E-state index is -4.49. The van der Waals surface area contributed by atoms with Crippen LogP contribution in [0.5, 0.6) is 0 Å². The Hall–Kier alpha value is -2.71. The molecule has 0 saturated carbocycles. The molecule has 172 valence electrons. The molecule has 1 unspecified atom stereocenters. The maximum Gasteiger partial charge on any atom is 0.433 e. The molecule has 0 bridgehead atoms. The van der Waals surface area contributed by atoms with Crippen LogP contribution < -0.4 is 15.8 Å². The van der Waals surface area contributed by atoms with Crippen molar-refractivity contribution in [3.05, 3.63) is 52.8 Å². The van der Waals surface area contributed by atoms with Crippen LogP contribution in [0.3, 0.4) is 0 Å². The number of aliphatic hydroxyl groups is 1. The first-order valence-corrected chi connectivity index (χ1v) is 10.7. The molecule has 0 aromatic carbocycles. The van der Waals surface area contributed by atoms with Gasteiger partial charge in [-0.3, -0.25) is 4.98 Å². The Morgan fingerprint density at radius 1 is 1.22 bits per heavy atom. The van der Waals surface area contributed by atoms with Crippen molar-refractivity contribution in [1.29, 1.82) is 0 Å². The van der Waals surface area contributed by atoms with E-state index in [9.17, 15) is 18.3 Å². The first kappa shape index (κ1) is 23.9. The predicted molar refractivity (Wildman–Crippen MR) is 119 cm³/mol. The quantitative estimate of drug-likeness (QED) is 0.678. The third kappa shape index (κ3) is 5.75. The van der Waals surface area contributed by atoms with Gasteiger partial charge in [0, 0.05) is 48.3 Å². The van der Waals surface area contributed by atoms with E-state index in [0.717, 1.165) is 29.3 Å². The fourth-order valence-electron chi connectivity index (χ4n) is 3.49. The summed E-state index contributed by atoms with van der Waals surface area (Å²) in [6, 6.07) is 2.40. The van der Waals surface area contributed by atoms with E-state index in [-0.39, 0.29) is 13.2 Å².